The van der Waals surface area contributed by atoms with Crippen molar-refractivity contribution in [1.29, 1.82) is 0 Å². The van der Waals surface area contributed by atoms with Crippen molar-refractivity contribution in [1.82, 2.24) is 0 Å². The SMILES string of the molecule is [N-]=[N+]=NC(=O)CC(O)(CC(=O)N=[N+]=[N-])C(=O)N=[N+]=[N-]. The maximum atomic E-state index is 11.3. The zero-order valence-electron chi connectivity index (χ0n) is 9.11. The fourth-order valence-electron chi connectivity index (χ4n) is 1.02. The van der Waals surface area contributed by atoms with Crippen LogP contribution in [-0.4, -0.2) is 28.4 Å². The number of rotatable bonds is 5. The van der Waals surface area contributed by atoms with Gasteiger partial charge in [0.2, 0.25) is 11.8 Å². The zero-order chi connectivity index (χ0) is 14.9. The summed E-state index contributed by atoms with van der Waals surface area (Å²) in [5, 5.41) is 17.5. The molecule has 0 radical (unpaired) electrons. The average molecular weight is 267 g/mol. The molecule has 0 unspecified atom stereocenters. The molecular weight excluding hydrogens is 262 g/mol. The second-order valence-corrected chi connectivity index (χ2v) is 3.05. The van der Waals surface area contributed by atoms with Gasteiger partial charge in [-0.1, -0.05) is 0 Å². The Kier molecular flexibility index (Phi) is 6.08. The van der Waals surface area contributed by atoms with Gasteiger partial charge in [-0.2, -0.15) is 0 Å². The Morgan fingerprint density at radius 3 is 1.58 bits per heavy atom. The van der Waals surface area contributed by atoms with E-state index in [1.54, 1.807) is 0 Å². The van der Waals surface area contributed by atoms with Crippen molar-refractivity contribution in [2.45, 2.75) is 18.4 Å². The van der Waals surface area contributed by atoms with Gasteiger partial charge in [0, 0.05) is 27.6 Å². The molecule has 0 aromatic carbocycles. The maximum absolute atomic E-state index is 11.3. The fraction of sp³-hybridized carbons (Fsp3) is 0.500. The van der Waals surface area contributed by atoms with Gasteiger partial charge in [-0.25, -0.2) is 0 Å². The first-order valence-electron chi connectivity index (χ1n) is 4.37. The highest BCUT2D eigenvalue weighted by molar-refractivity contribution is 5.95. The predicted octanol–water partition coefficient (Wildman–Crippen LogP) is 1.01. The van der Waals surface area contributed by atoms with Crippen molar-refractivity contribution in [3.05, 3.63) is 31.3 Å². The molecule has 0 aromatic rings. The summed E-state index contributed by atoms with van der Waals surface area (Å²) in [6.07, 6.45) is -2.19. The molecule has 0 aliphatic rings. The van der Waals surface area contributed by atoms with Crippen LogP contribution < -0.4 is 0 Å². The summed E-state index contributed by atoms with van der Waals surface area (Å²) >= 11 is 0. The molecule has 0 spiro atoms. The lowest BCUT2D eigenvalue weighted by atomic mass is 9.94. The third-order valence-electron chi connectivity index (χ3n) is 1.73. The van der Waals surface area contributed by atoms with Crippen molar-refractivity contribution >= 4 is 17.7 Å². The van der Waals surface area contributed by atoms with Gasteiger partial charge in [0.1, 0.15) is 5.60 Å². The molecule has 0 bridgehead atoms. The third-order valence-corrected chi connectivity index (χ3v) is 1.73. The van der Waals surface area contributed by atoms with Crippen molar-refractivity contribution in [2.75, 3.05) is 0 Å². The van der Waals surface area contributed by atoms with Gasteiger partial charge in [-0.15, -0.1) is 0 Å². The van der Waals surface area contributed by atoms with Crippen LogP contribution in [0.2, 0.25) is 0 Å². The van der Waals surface area contributed by atoms with Gasteiger partial charge in [-0.3, -0.25) is 14.4 Å². The molecule has 3 amide bonds. The Morgan fingerprint density at radius 2 is 1.26 bits per heavy atom. The van der Waals surface area contributed by atoms with Gasteiger partial charge < -0.3 is 5.11 Å². The molecule has 0 fully saturated rings. The van der Waals surface area contributed by atoms with E-state index >= 15 is 0 Å². The monoisotopic (exact) mass is 267 g/mol. The third kappa shape index (κ3) is 5.17. The molecule has 0 atom stereocenters. The molecule has 0 aromatic heterocycles. The van der Waals surface area contributed by atoms with Crippen LogP contribution in [0.4, 0.5) is 0 Å². The first-order chi connectivity index (χ1) is 8.89. The highest BCUT2D eigenvalue weighted by atomic mass is 16.3. The van der Waals surface area contributed by atoms with E-state index in [9.17, 15) is 19.5 Å². The highest BCUT2D eigenvalue weighted by Crippen LogP contribution is 2.20. The van der Waals surface area contributed by atoms with Crippen LogP contribution in [0.15, 0.2) is 15.3 Å². The lowest BCUT2D eigenvalue weighted by Crippen LogP contribution is -2.41. The van der Waals surface area contributed by atoms with E-state index in [4.69, 9.17) is 16.6 Å². The number of amides is 3. The van der Waals surface area contributed by atoms with E-state index in [1.165, 1.54) is 0 Å². The Morgan fingerprint density at radius 1 is 0.895 bits per heavy atom. The summed E-state index contributed by atoms with van der Waals surface area (Å²) in [4.78, 5) is 39.7. The lowest BCUT2D eigenvalue weighted by molar-refractivity contribution is -0.145. The molecule has 1 N–H and O–H groups in total. The highest BCUT2D eigenvalue weighted by Gasteiger charge is 2.39. The largest absolute Gasteiger partial charge is 0.381 e. The minimum absolute atomic E-state index is 1.10. The second-order valence-electron chi connectivity index (χ2n) is 3.05. The minimum atomic E-state index is -2.73. The molecular formula is C6H5N9O4. The van der Waals surface area contributed by atoms with Gasteiger partial charge in [0.15, 0.2) is 0 Å². The van der Waals surface area contributed by atoms with Crippen LogP contribution in [0, 0.1) is 0 Å². The van der Waals surface area contributed by atoms with Crippen LogP contribution in [0.1, 0.15) is 12.8 Å². The standard InChI is InChI=1S/C6H5N9O4/c7-13-10-3(16)1-6(19,5(18)12-15-9)2-4(17)11-14-8/h19H,1-2H2. The summed E-state index contributed by atoms with van der Waals surface area (Å²) in [6, 6.07) is 0. The second kappa shape index (κ2) is 7.27. The summed E-state index contributed by atoms with van der Waals surface area (Å²) in [5.41, 5.74) is 21.3. The van der Waals surface area contributed by atoms with E-state index in [-0.39, 0.29) is 0 Å². The Bertz CT molecular complexity index is 517. The Hall–Kier alpha value is -3.10. The summed E-state index contributed by atoms with van der Waals surface area (Å²) in [7, 11) is 0. The predicted molar refractivity (Wildman–Crippen MR) is 56.6 cm³/mol. The molecule has 0 saturated heterocycles. The molecule has 0 rings (SSSR count). The molecule has 13 heteroatoms. The molecule has 19 heavy (non-hydrogen) atoms. The maximum Gasteiger partial charge on any atom is 0.251 e. The van der Waals surface area contributed by atoms with Crippen molar-refractivity contribution in [2.24, 2.45) is 15.3 Å². The van der Waals surface area contributed by atoms with E-state index < -0.39 is 36.2 Å². The van der Waals surface area contributed by atoms with Crippen LogP contribution in [0.25, 0.3) is 31.3 Å². The Labute approximate surface area is 103 Å². The number of azide groups is 3. The van der Waals surface area contributed by atoms with E-state index in [0.29, 0.717) is 0 Å². The molecule has 0 heterocycles. The number of hydrogen-bond donors (Lipinski definition) is 1. The van der Waals surface area contributed by atoms with Gasteiger partial charge in [-0.05, 0) is 31.9 Å². The first kappa shape index (κ1) is 15.9. The van der Waals surface area contributed by atoms with Crippen molar-refractivity contribution in [3.8, 4) is 0 Å². The number of nitrogens with zero attached hydrogens (tertiary/aromatic N) is 9. The molecule has 0 saturated carbocycles. The van der Waals surface area contributed by atoms with Crippen LogP contribution in [0.5, 0.6) is 0 Å². The summed E-state index contributed by atoms with van der Waals surface area (Å²) in [5.74, 6) is -4.07. The number of aliphatic hydroxyl groups is 1. The fourth-order valence-corrected chi connectivity index (χ4v) is 1.02. The van der Waals surface area contributed by atoms with E-state index in [2.05, 4.69) is 30.1 Å². The van der Waals surface area contributed by atoms with E-state index in [1.807, 2.05) is 0 Å². The quantitative estimate of drug-likeness (QED) is 0.437. The molecule has 0 aliphatic heterocycles. The number of hydrogen-bond acceptors (Lipinski definition) is 4. The summed E-state index contributed by atoms with van der Waals surface area (Å²) < 4.78 is 0. The summed E-state index contributed by atoms with van der Waals surface area (Å²) in [6.45, 7) is 0. The number of carbonyl (C=O) groups is 3. The first-order valence-corrected chi connectivity index (χ1v) is 4.37. The smallest absolute Gasteiger partial charge is 0.251 e. The van der Waals surface area contributed by atoms with Crippen LogP contribution in [0.3, 0.4) is 0 Å². The van der Waals surface area contributed by atoms with Crippen LogP contribution >= 0.6 is 0 Å². The van der Waals surface area contributed by atoms with Crippen molar-refractivity contribution in [3.63, 3.8) is 0 Å². The normalized spacial score (nSPS) is 11.8. The van der Waals surface area contributed by atoms with Crippen molar-refractivity contribution < 1.29 is 19.5 Å². The van der Waals surface area contributed by atoms with Gasteiger partial charge >= 0.3 is 0 Å². The van der Waals surface area contributed by atoms with Crippen LogP contribution in [-0.2, 0) is 14.4 Å². The lowest BCUT2D eigenvalue weighted by Gasteiger charge is -2.21. The minimum Gasteiger partial charge on any atom is -0.381 e. The Balaban J connectivity index is 5.33. The van der Waals surface area contributed by atoms with E-state index in [0.717, 1.165) is 0 Å². The molecule has 98 valence electrons. The average Bonchev–Trinajstić information content (AvgIpc) is 2.29. The molecule has 13 nitrogen and oxygen atoms in total. The zero-order valence-corrected chi connectivity index (χ0v) is 9.11. The topological polar surface area (TPSA) is 218 Å². The molecule has 0 aliphatic carbocycles. The number of carbonyl (C=O) groups excluding carboxylic acids is 3. The van der Waals surface area contributed by atoms with Gasteiger partial charge in [0.25, 0.3) is 5.91 Å². The van der Waals surface area contributed by atoms with Gasteiger partial charge in [0.05, 0.1) is 0 Å².